The fourth-order valence-corrected chi connectivity index (χ4v) is 7.05. The molecule has 0 aromatic carbocycles. The Morgan fingerprint density at radius 2 is 2.03 bits per heavy atom. The molecule has 0 aliphatic heterocycles. The average Bonchev–Trinajstić information content (AvgIpc) is 3.20. The van der Waals surface area contributed by atoms with Crippen LogP contribution in [0.1, 0.15) is 82.2 Å². The first-order valence-corrected chi connectivity index (χ1v) is 13.3. The van der Waals surface area contributed by atoms with Crippen molar-refractivity contribution in [2.75, 3.05) is 32.2 Å². The van der Waals surface area contributed by atoms with Crippen molar-refractivity contribution < 1.29 is 24.5 Å². The molecule has 8 nitrogen and oxygen atoms in total. The van der Waals surface area contributed by atoms with E-state index < -0.39 is 11.5 Å². The van der Waals surface area contributed by atoms with Gasteiger partial charge in [0.15, 0.2) is 5.13 Å². The Morgan fingerprint density at radius 3 is 2.71 bits per heavy atom. The van der Waals surface area contributed by atoms with Crippen molar-refractivity contribution in [2.24, 2.45) is 16.7 Å². The van der Waals surface area contributed by atoms with Crippen molar-refractivity contribution in [3.05, 3.63) is 10.6 Å². The van der Waals surface area contributed by atoms with E-state index in [0.29, 0.717) is 37.5 Å². The van der Waals surface area contributed by atoms with Crippen LogP contribution in [-0.4, -0.2) is 60.0 Å². The molecule has 9 heteroatoms. The van der Waals surface area contributed by atoms with Gasteiger partial charge in [-0.3, -0.25) is 9.59 Å². The summed E-state index contributed by atoms with van der Waals surface area (Å²) in [6.07, 6.45) is 5.07. The van der Waals surface area contributed by atoms with Crippen LogP contribution in [-0.2, 0) is 20.7 Å². The van der Waals surface area contributed by atoms with E-state index in [9.17, 15) is 19.8 Å². The molecule has 2 aliphatic rings. The number of rotatable bonds is 11. The number of anilines is 1. The van der Waals surface area contributed by atoms with E-state index in [0.717, 1.165) is 36.3 Å². The van der Waals surface area contributed by atoms with E-state index in [1.54, 1.807) is 7.11 Å². The number of thiazole rings is 1. The van der Waals surface area contributed by atoms with Gasteiger partial charge < -0.3 is 25.6 Å². The van der Waals surface area contributed by atoms with Gasteiger partial charge in [-0.1, -0.05) is 33.6 Å². The maximum Gasteiger partial charge on any atom is 0.226 e. The molecule has 2 amide bonds. The van der Waals surface area contributed by atoms with Crippen LogP contribution in [0.2, 0.25) is 0 Å². The van der Waals surface area contributed by atoms with Crippen LogP contribution in [0.5, 0.6) is 0 Å². The highest BCUT2D eigenvalue weighted by molar-refractivity contribution is 7.15. The highest BCUT2D eigenvalue weighted by Gasteiger charge is 2.59. The Kier molecular flexibility index (Phi) is 9.11. The Labute approximate surface area is 206 Å². The monoisotopic (exact) mass is 495 g/mol. The maximum absolute atomic E-state index is 12.9. The van der Waals surface area contributed by atoms with Crippen LogP contribution >= 0.6 is 11.3 Å². The minimum atomic E-state index is -0.664. The predicted molar refractivity (Wildman–Crippen MR) is 133 cm³/mol. The van der Waals surface area contributed by atoms with Crippen molar-refractivity contribution in [2.45, 2.75) is 84.2 Å². The van der Waals surface area contributed by atoms with Gasteiger partial charge in [-0.25, -0.2) is 4.98 Å². The smallest absolute Gasteiger partial charge is 0.226 e. The molecule has 1 saturated carbocycles. The zero-order chi connectivity index (χ0) is 24.9. The summed E-state index contributed by atoms with van der Waals surface area (Å²) in [5.74, 6) is -0.270. The number of nitrogens with one attached hydrogen (secondary N) is 2. The van der Waals surface area contributed by atoms with Crippen LogP contribution in [0.25, 0.3) is 0 Å². The topological polar surface area (TPSA) is 121 Å². The Balaban J connectivity index is 1.91. The molecule has 1 fully saturated rings. The summed E-state index contributed by atoms with van der Waals surface area (Å²) in [4.78, 5) is 31.2. The van der Waals surface area contributed by atoms with Gasteiger partial charge in [-0.2, -0.15) is 0 Å². The highest BCUT2D eigenvalue weighted by Crippen LogP contribution is 2.62. The van der Waals surface area contributed by atoms with Crippen molar-refractivity contribution in [3.63, 3.8) is 0 Å². The summed E-state index contributed by atoms with van der Waals surface area (Å²) in [7, 11) is 1.60. The molecule has 0 bridgehead atoms. The summed E-state index contributed by atoms with van der Waals surface area (Å²) < 4.78 is 5.05. The number of hydrogen-bond acceptors (Lipinski definition) is 7. The number of nitrogens with zero attached hydrogens (tertiary/aromatic N) is 1. The van der Waals surface area contributed by atoms with Crippen molar-refractivity contribution in [1.29, 1.82) is 0 Å². The van der Waals surface area contributed by atoms with Crippen LogP contribution < -0.4 is 10.6 Å². The molecule has 1 heterocycles. The third kappa shape index (κ3) is 5.48. The summed E-state index contributed by atoms with van der Waals surface area (Å²) >= 11 is 1.46. The molecule has 4 N–H and O–H groups in total. The number of carbonyl (C=O) groups excluding carboxylic acids is 2. The predicted octanol–water partition coefficient (Wildman–Crippen LogP) is 3.23. The standard InChI is InChI=1S/C25H41N3O5S/c1-5-6-7-8-20(31)27-23-28-22-16(13-21(32)26-11-12-33-4)24(2)10-9-19(30)25(3,15-29)18(24)14-17(22)34-23/h16,18-19,29-30H,5-15H2,1-4H3,(H,26,32)(H,27,28,31)/t16-,18-,19-,24+,25+/m1/s1. The molecule has 0 radical (unpaired) electrons. The molecule has 2 aliphatic carbocycles. The van der Waals surface area contributed by atoms with Crippen LogP contribution in [0, 0.1) is 16.7 Å². The van der Waals surface area contributed by atoms with Gasteiger partial charge >= 0.3 is 0 Å². The first-order valence-electron chi connectivity index (χ1n) is 12.5. The summed E-state index contributed by atoms with van der Waals surface area (Å²) in [6.45, 7) is 7.01. The number of fused-ring (bicyclic) bond motifs is 2. The largest absolute Gasteiger partial charge is 0.396 e. The molecular weight excluding hydrogens is 454 g/mol. The molecule has 0 unspecified atom stereocenters. The zero-order valence-electron chi connectivity index (χ0n) is 21.0. The molecule has 5 atom stereocenters. The first kappa shape index (κ1) is 27.0. The van der Waals surface area contributed by atoms with E-state index in [-0.39, 0.29) is 42.1 Å². The quantitative estimate of drug-likeness (QED) is 0.350. The van der Waals surface area contributed by atoms with Gasteiger partial charge in [0.2, 0.25) is 11.8 Å². The van der Waals surface area contributed by atoms with Gasteiger partial charge in [-0.15, -0.1) is 11.3 Å². The number of aliphatic hydroxyl groups excluding tert-OH is 2. The molecule has 0 saturated heterocycles. The number of methoxy groups -OCH3 is 1. The zero-order valence-corrected chi connectivity index (χ0v) is 21.8. The second-order valence-corrected chi connectivity index (χ2v) is 11.5. The number of amides is 2. The Hall–Kier alpha value is -1.55. The lowest BCUT2D eigenvalue weighted by molar-refractivity contribution is -0.144. The SMILES string of the molecule is CCCCCC(=O)Nc1nc2c(s1)C[C@H]1[C@](C)(CO)[C@H](O)CC[C@@]1(C)[C@@H]2CC(=O)NCCOC. The third-order valence-corrected chi connectivity index (χ3v) is 9.17. The summed E-state index contributed by atoms with van der Waals surface area (Å²) in [5.41, 5.74) is -0.0897. The fourth-order valence-electron chi connectivity index (χ4n) is 5.97. The average molecular weight is 496 g/mol. The lowest BCUT2D eigenvalue weighted by Gasteiger charge is -2.58. The van der Waals surface area contributed by atoms with E-state index in [2.05, 4.69) is 24.5 Å². The number of hydrogen-bond donors (Lipinski definition) is 4. The van der Waals surface area contributed by atoms with E-state index >= 15 is 0 Å². The molecule has 0 spiro atoms. The third-order valence-electron chi connectivity index (χ3n) is 8.17. The van der Waals surface area contributed by atoms with Gasteiger partial charge in [0, 0.05) is 42.7 Å². The van der Waals surface area contributed by atoms with Gasteiger partial charge in [-0.05, 0) is 37.0 Å². The summed E-state index contributed by atoms with van der Waals surface area (Å²) in [6, 6.07) is 0. The Morgan fingerprint density at radius 1 is 1.26 bits per heavy atom. The van der Waals surface area contributed by atoms with E-state index in [4.69, 9.17) is 9.72 Å². The lowest BCUT2D eigenvalue weighted by Crippen LogP contribution is -2.57. The molecule has 3 rings (SSSR count). The number of ether oxygens (including phenoxy) is 1. The molecule has 1 aromatic heterocycles. The number of unbranched alkanes of at least 4 members (excludes halogenated alkanes) is 2. The Bertz CT molecular complexity index is 862. The van der Waals surface area contributed by atoms with E-state index in [1.807, 2.05) is 6.92 Å². The van der Waals surface area contributed by atoms with Crippen molar-refractivity contribution in [1.82, 2.24) is 10.3 Å². The molecule has 34 heavy (non-hydrogen) atoms. The van der Waals surface area contributed by atoms with Crippen LogP contribution in [0.15, 0.2) is 0 Å². The highest BCUT2D eigenvalue weighted by atomic mass is 32.1. The van der Waals surface area contributed by atoms with E-state index in [1.165, 1.54) is 11.3 Å². The second kappa shape index (κ2) is 11.5. The number of aromatic nitrogens is 1. The van der Waals surface area contributed by atoms with Crippen LogP contribution in [0.3, 0.4) is 0 Å². The second-order valence-electron chi connectivity index (χ2n) is 10.4. The normalized spacial score (nSPS) is 30.4. The minimum absolute atomic E-state index is 0.00780. The van der Waals surface area contributed by atoms with Crippen molar-refractivity contribution in [3.8, 4) is 0 Å². The number of aliphatic hydroxyl groups is 2. The maximum atomic E-state index is 12.9. The minimum Gasteiger partial charge on any atom is -0.396 e. The van der Waals surface area contributed by atoms with Gasteiger partial charge in [0.05, 0.1) is 25.0 Å². The number of carbonyl (C=O) groups is 2. The first-order chi connectivity index (χ1) is 16.2. The molecular formula is C25H41N3O5S. The van der Waals surface area contributed by atoms with Gasteiger partial charge in [0.25, 0.3) is 0 Å². The van der Waals surface area contributed by atoms with Crippen LogP contribution in [0.4, 0.5) is 5.13 Å². The lowest BCUT2D eigenvalue weighted by atomic mass is 9.47. The molecule has 1 aromatic rings. The molecule has 192 valence electrons. The summed E-state index contributed by atoms with van der Waals surface area (Å²) in [5, 5.41) is 27.6. The fraction of sp³-hybridized carbons (Fsp3) is 0.800. The van der Waals surface area contributed by atoms with Crippen molar-refractivity contribution >= 4 is 28.3 Å². The van der Waals surface area contributed by atoms with Gasteiger partial charge in [0.1, 0.15) is 0 Å².